The molecule has 6 unspecified atom stereocenters. The first-order valence-corrected chi connectivity index (χ1v) is 12.3. The van der Waals surface area contributed by atoms with Crippen LogP contribution < -0.4 is 5.32 Å². The smallest absolute Gasteiger partial charge is 0.216 e. The van der Waals surface area contributed by atoms with E-state index in [2.05, 4.69) is 11.4 Å². The van der Waals surface area contributed by atoms with Gasteiger partial charge in [0.1, 0.15) is 11.7 Å². The van der Waals surface area contributed by atoms with Gasteiger partial charge in [0, 0.05) is 24.8 Å². The Hall–Kier alpha value is -1.86. The SMILES string of the molecule is CC(=O)NCCSC1CC(O)C(C)OC1OC1C=CC2=Cc3ccc(CC#N)c(Cl)c3C21O. The van der Waals surface area contributed by atoms with Gasteiger partial charge >= 0.3 is 0 Å². The molecule has 2 aliphatic carbocycles. The first kappa shape index (κ1) is 24.3. The van der Waals surface area contributed by atoms with Crippen LogP contribution in [-0.4, -0.2) is 58.3 Å². The molecule has 0 saturated carbocycles. The molecule has 3 N–H and O–H groups in total. The number of ether oxygens (including phenoxy) is 2. The Kier molecular flexibility index (Phi) is 7.20. The van der Waals surface area contributed by atoms with Crippen molar-refractivity contribution in [3.63, 3.8) is 0 Å². The number of nitrogens with zero attached hydrogens (tertiary/aromatic N) is 1. The van der Waals surface area contributed by atoms with E-state index in [0.717, 1.165) is 5.56 Å². The van der Waals surface area contributed by atoms with E-state index < -0.39 is 30.2 Å². The maximum atomic E-state index is 11.8. The molecule has 33 heavy (non-hydrogen) atoms. The minimum atomic E-state index is -1.48. The summed E-state index contributed by atoms with van der Waals surface area (Å²) in [5.41, 5.74) is 1.19. The molecular weight excluding hydrogens is 464 g/mol. The van der Waals surface area contributed by atoms with Crippen molar-refractivity contribution in [1.29, 1.82) is 5.26 Å². The molecule has 1 heterocycles. The van der Waals surface area contributed by atoms with E-state index in [-0.39, 0.29) is 17.6 Å². The van der Waals surface area contributed by atoms with Crippen molar-refractivity contribution in [2.75, 3.05) is 12.3 Å². The molecular formula is C24H27ClN2O5S. The summed E-state index contributed by atoms with van der Waals surface area (Å²) in [6.07, 6.45) is 3.65. The Balaban J connectivity index is 1.55. The molecule has 6 atom stereocenters. The van der Waals surface area contributed by atoms with Gasteiger partial charge in [-0.15, -0.1) is 0 Å². The Bertz CT molecular complexity index is 1040. The number of hydrogen-bond donors (Lipinski definition) is 3. The predicted octanol–water partition coefficient (Wildman–Crippen LogP) is 2.68. The largest absolute Gasteiger partial charge is 0.390 e. The van der Waals surface area contributed by atoms with Crippen LogP contribution in [-0.2, 0) is 26.3 Å². The van der Waals surface area contributed by atoms with E-state index in [9.17, 15) is 15.0 Å². The van der Waals surface area contributed by atoms with Gasteiger partial charge < -0.3 is 25.0 Å². The highest BCUT2D eigenvalue weighted by Crippen LogP contribution is 2.52. The van der Waals surface area contributed by atoms with Crippen molar-refractivity contribution in [2.45, 2.75) is 62.1 Å². The Morgan fingerprint density at radius 2 is 2.27 bits per heavy atom. The number of nitriles is 1. The standard InChI is InChI=1S/C24H27ClN2O5S/c1-13-18(29)12-19(33-10-9-27-14(2)28)23(31-13)32-20-6-5-17-11-16-4-3-15(7-8-26)22(25)21(16)24(17,20)30/h3-6,11,13,18-20,23,29-30H,7,9-10,12H2,1-2H3,(H,27,28). The van der Waals surface area contributed by atoms with Gasteiger partial charge in [-0.05, 0) is 36.1 Å². The van der Waals surface area contributed by atoms with Crippen molar-refractivity contribution in [3.8, 4) is 6.07 Å². The monoisotopic (exact) mass is 490 g/mol. The number of fused-ring (bicyclic) bond motifs is 3. The zero-order valence-corrected chi connectivity index (χ0v) is 20.0. The number of aliphatic hydroxyl groups excluding tert-OH is 1. The second-order valence-corrected chi connectivity index (χ2v) is 10.2. The lowest BCUT2D eigenvalue weighted by Crippen LogP contribution is -2.50. The molecule has 4 rings (SSSR count). The summed E-state index contributed by atoms with van der Waals surface area (Å²) in [6, 6.07) is 5.77. The average molecular weight is 491 g/mol. The number of aliphatic hydroxyl groups is 2. The highest BCUT2D eigenvalue weighted by molar-refractivity contribution is 7.99. The van der Waals surface area contributed by atoms with Crippen molar-refractivity contribution in [2.24, 2.45) is 0 Å². The molecule has 0 bridgehead atoms. The fourth-order valence-electron chi connectivity index (χ4n) is 4.52. The van der Waals surface area contributed by atoms with Crippen molar-refractivity contribution in [3.05, 3.63) is 51.6 Å². The fraction of sp³-hybridized carbons (Fsp3) is 0.500. The minimum absolute atomic E-state index is 0.0953. The number of carbonyl (C=O) groups excluding carboxylic acids is 1. The van der Waals surface area contributed by atoms with Gasteiger partial charge in [0.15, 0.2) is 6.29 Å². The summed E-state index contributed by atoms with van der Waals surface area (Å²) in [5, 5.41) is 34.3. The van der Waals surface area contributed by atoms with E-state index in [1.165, 1.54) is 6.92 Å². The Morgan fingerprint density at radius 3 is 3.00 bits per heavy atom. The number of thioether (sulfide) groups is 1. The molecule has 9 heteroatoms. The molecule has 0 radical (unpaired) electrons. The second kappa shape index (κ2) is 9.79. The highest BCUT2D eigenvalue weighted by Gasteiger charge is 2.52. The fourth-order valence-corrected chi connectivity index (χ4v) is 6.04. The molecule has 3 aliphatic rings. The maximum absolute atomic E-state index is 11.8. The van der Waals surface area contributed by atoms with E-state index in [0.29, 0.717) is 40.4 Å². The molecule has 1 saturated heterocycles. The van der Waals surface area contributed by atoms with E-state index in [1.54, 1.807) is 30.8 Å². The van der Waals surface area contributed by atoms with Gasteiger partial charge in [-0.25, -0.2) is 0 Å². The van der Waals surface area contributed by atoms with Crippen molar-refractivity contribution in [1.82, 2.24) is 5.32 Å². The van der Waals surface area contributed by atoms with Gasteiger partial charge in [0.05, 0.1) is 35.0 Å². The molecule has 1 amide bonds. The number of benzene rings is 1. The van der Waals surface area contributed by atoms with Crippen LogP contribution in [0.4, 0.5) is 0 Å². The normalized spacial score (nSPS) is 32.1. The second-order valence-electron chi connectivity index (χ2n) is 8.52. The molecule has 1 aliphatic heterocycles. The van der Waals surface area contributed by atoms with Gasteiger partial charge in [0.25, 0.3) is 0 Å². The minimum Gasteiger partial charge on any atom is -0.390 e. The Morgan fingerprint density at radius 1 is 1.48 bits per heavy atom. The van der Waals surface area contributed by atoms with E-state index in [1.807, 2.05) is 18.2 Å². The van der Waals surface area contributed by atoms with E-state index in [4.69, 9.17) is 26.3 Å². The highest BCUT2D eigenvalue weighted by atomic mass is 35.5. The summed E-state index contributed by atoms with van der Waals surface area (Å²) < 4.78 is 12.4. The summed E-state index contributed by atoms with van der Waals surface area (Å²) >= 11 is 8.20. The van der Waals surface area contributed by atoms with Crippen LogP contribution in [0.5, 0.6) is 0 Å². The molecule has 1 fully saturated rings. The van der Waals surface area contributed by atoms with Crippen LogP contribution in [0, 0.1) is 11.3 Å². The third-order valence-electron chi connectivity index (χ3n) is 6.27. The lowest BCUT2D eigenvalue weighted by Gasteiger charge is -2.41. The summed E-state index contributed by atoms with van der Waals surface area (Å²) in [4.78, 5) is 11.1. The third kappa shape index (κ3) is 4.59. The zero-order valence-electron chi connectivity index (χ0n) is 18.5. The summed E-state index contributed by atoms with van der Waals surface area (Å²) in [7, 11) is 0. The average Bonchev–Trinajstić information content (AvgIpc) is 3.22. The van der Waals surface area contributed by atoms with E-state index >= 15 is 0 Å². The maximum Gasteiger partial charge on any atom is 0.216 e. The number of hydrogen-bond acceptors (Lipinski definition) is 7. The molecule has 176 valence electrons. The summed E-state index contributed by atoms with van der Waals surface area (Å²) in [5.74, 6) is 0.540. The number of halogens is 1. The topological polar surface area (TPSA) is 112 Å². The molecule has 1 aromatic rings. The lowest BCUT2D eigenvalue weighted by molar-refractivity contribution is -0.242. The van der Waals surface area contributed by atoms with Crippen LogP contribution >= 0.6 is 23.4 Å². The third-order valence-corrected chi connectivity index (χ3v) is 7.99. The van der Waals surface area contributed by atoms with Crippen LogP contribution in [0.1, 0.15) is 37.0 Å². The molecule has 7 nitrogen and oxygen atoms in total. The number of nitrogens with one attached hydrogen (secondary N) is 1. The van der Waals surface area contributed by atoms with Gasteiger partial charge in [-0.2, -0.15) is 17.0 Å². The van der Waals surface area contributed by atoms with Gasteiger partial charge in [-0.3, -0.25) is 4.79 Å². The van der Waals surface area contributed by atoms with Gasteiger partial charge in [-0.1, -0.05) is 35.9 Å². The molecule has 0 aromatic heterocycles. The van der Waals surface area contributed by atoms with Crippen molar-refractivity contribution < 1.29 is 24.5 Å². The number of amides is 1. The predicted molar refractivity (Wildman–Crippen MR) is 127 cm³/mol. The first-order valence-electron chi connectivity index (χ1n) is 10.9. The quantitative estimate of drug-likeness (QED) is 0.504. The first-order chi connectivity index (χ1) is 15.8. The van der Waals surface area contributed by atoms with Crippen molar-refractivity contribution >= 4 is 35.3 Å². The van der Waals surface area contributed by atoms with Gasteiger partial charge in [0.2, 0.25) is 5.91 Å². The van der Waals surface area contributed by atoms with Crippen LogP contribution in [0.3, 0.4) is 0 Å². The number of carbonyl (C=O) groups is 1. The summed E-state index contributed by atoms with van der Waals surface area (Å²) in [6.45, 7) is 3.76. The van der Waals surface area contributed by atoms with Crippen LogP contribution in [0.2, 0.25) is 5.02 Å². The number of rotatable bonds is 7. The molecule has 1 aromatic carbocycles. The van der Waals surface area contributed by atoms with Crippen LogP contribution in [0.15, 0.2) is 29.9 Å². The zero-order chi connectivity index (χ0) is 23.8. The lowest BCUT2D eigenvalue weighted by atomic mass is 9.87. The van der Waals surface area contributed by atoms with Crippen LogP contribution in [0.25, 0.3) is 6.08 Å². The molecule has 0 spiro atoms. The Labute approximate surface area is 202 Å².